The van der Waals surface area contributed by atoms with E-state index >= 15 is 0 Å². The summed E-state index contributed by atoms with van der Waals surface area (Å²) in [6.45, 7) is 6.53. The fraction of sp³-hybridized carbons (Fsp3) is 0.450. The predicted octanol–water partition coefficient (Wildman–Crippen LogP) is 4.26. The highest BCUT2D eigenvalue weighted by Gasteiger charge is 2.20. The molecule has 2 aliphatic rings. The molecule has 23 heavy (non-hydrogen) atoms. The first-order valence-electron chi connectivity index (χ1n) is 8.22. The Hall–Kier alpha value is -1.87. The quantitative estimate of drug-likeness (QED) is 0.810. The number of ether oxygens (including phenoxy) is 1. The second-order valence-corrected chi connectivity index (χ2v) is 6.55. The van der Waals surface area contributed by atoms with Gasteiger partial charge >= 0.3 is 5.97 Å². The minimum atomic E-state index is -0.297. The highest BCUT2D eigenvalue weighted by atomic mass is 16.5. The van der Waals surface area contributed by atoms with E-state index in [1.165, 1.54) is 12.7 Å². The number of carbonyl (C=O) groups is 1. The van der Waals surface area contributed by atoms with Gasteiger partial charge in [0.15, 0.2) is 0 Å². The second-order valence-electron chi connectivity index (χ2n) is 6.55. The van der Waals surface area contributed by atoms with Crippen molar-refractivity contribution < 1.29 is 14.6 Å². The molecule has 0 unspecified atom stereocenters. The van der Waals surface area contributed by atoms with Crippen LogP contribution in [0.3, 0.4) is 0 Å². The van der Waals surface area contributed by atoms with Crippen LogP contribution >= 0.6 is 0 Å². The molecule has 0 spiro atoms. The highest BCUT2D eigenvalue weighted by molar-refractivity contribution is 6.00. The van der Waals surface area contributed by atoms with Crippen LogP contribution in [0.2, 0.25) is 0 Å². The predicted molar refractivity (Wildman–Crippen MR) is 93.1 cm³/mol. The number of rotatable bonds is 6. The SMILES string of the molecule is COC(=O)c1cc(CC[C@H](C)CO)c2ccc(C(C)C)ccc1-2. The van der Waals surface area contributed by atoms with Crippen molar-refractivity contribution in [1.82, 2.24) is 0 Å². The molecule has 0 saturated carbocycles. The molecule has 1 atom stereocenters. The number of aliphatic hydroxyl groups excluding tert-OH is 1. The molecule has 124 valence electrons. The third-order valence-corrected chi connectivity index (χ3v) is 4.42. The van der Waals surface area contributed by atoms with Gasteiger partial charge in [0.2, 0.25) is 0 Å². The molecule has 2 aliphatic carbocycles. The maximum Gasteiger partial charge on any atom is 0.338 e. The minimum absolute atomic E-state index is 0.188. The summed E-state index contributed by atoms with van der Waals surface area (Å²) < 4.78 is 4.93. The van der Waals surface area contributed by atoms with E-state index in [2.05, 4.69) is 32.0 Å². The summed E-state index contributed by atoms with van der Waals surface area (Å²) >= 11 is 0. The molecule has 3 nitrogen and oxygen atoms in total. The van der Waals surface area contributed by atoms with Crippen LogP contribution in [0.4, 0.5) is 0 Å². The van der Waals surface area contributed by atoms with E-state index in [1.807, 2.05) is 19.1 Å². The first kappa shape index (κ1) is 17.5. The van der Waals surface area contributed by atoms with Gasteiger partial charge in [-0.05, 0) is 53.0 Å². The number of hydrogen-bond donors (Lipinski definition) is 1. The Morgan fingerprint density at radius 1 is 1.13 bits per heavy atom. The van der Waals surface area contributed by atoms with Gasteiger partial charge in [0, 0.05) is 6.61 Å². The van der Waals surface area contributed by atoms with Gasteiger partial charge in [-0.1, -0.05) is 45.0 Å². The van der Waals surface area contributed by atoms with Gasteiger partial charge < -0.3 is 9.84 Å². The first-order chi connectivity index (χ1) is 11.0. The third-order valence-electron chi connectivity index (χ3n) is 4.42. The van der Waals surface area contributed by atoms with Crippen molar-refractivity contribution in [3.63, 3.8) is 0 Å². The Morgan fingerprint density at radius 2 is 1.78 bits per heavy atom. The fourth-order valence-electron chi connectivity index (χ4n) is 2.80. The van der Waals surface area contributed by atoms with E-state index in [0.29, 0.717) is 11.5 Å². The summed E-state index contributed by atoms with van der Waals surface area (Å²) in [6.07, 6.45) is 1.74. The summed E-state index contributed by atoms with van der Waals surface area (Å²) in [5, 5.41) is 9.22. The molecule has 0 saturated heterocycles. The van der Waals surface area contributed by atoms with Crippen molar-refractivity contribution in [3.8, 4) is 11.1 Å². The van der Waals surface area contributed by atoms with Crippen LogP contribution in [0.1, 0.15) is 54.6 Å². The lowest BCUT2D eigenvalue weighted by Gasteiger charge is -2.07. The number of hydrogen-bond acceptors (Lipinski definition) is 3. The molecule has 2 rings (SSSR count). The van der Waals surface area contributed by atoms with E-state index < -0.39 is 0 Å². The molecule has 1 N–H and O–H groups in total. The van der Waals surface area contributed by atoms with Crippen molar-refractivity contribution in [3.05, 3.63) is 47.0 Å². The molecule has 0 aromatic carbocycles. The lowest BCUT2D eigenvalue weighted by atomic mass is 10.00. The standard InChI is InChI=1S/C20H26O3/c1-13(2)15-7-9-17-16(6-5-14(3)12-21)11-19(20(22)23-4)18(17)10-8-15/h7-11,13-14,21H,5-6,12H2,1-4H3/t14-/m0/s1. The van der Waals surface area contributed by atoms with E-state index in [9.17, 15) is 9.90 Å². The molecule has 0 aromatic heterocycles. The Balaban J connectivity index is 2.48. The normalized spacial score (nSPS) is 12.6. The Labute approximate surface area is 138 Å². The average Bonchev–Trinajstić information content (AvgIpc) is 2.74. The lowest BCUT2D eigenvalue weighted by Crippen LogP contribution is -2.02. The summed E-state index contributed by atoms with van der Waals surface area (Å²) in [5.74, 6) is 0.393. The summed E-state index contributed by atoms with van der Waals surface area (Å²) in [7, 11) is 1.41. The third kappa shape index (κ3) is 3.91. The Morgan fingerprint density at radius 3 is 2.35 bits per heavy atom. The van der Waals surface area contributed by atoms with Crippen molar-refractivity contribution in [2.75, 3.05) is 13.7 Å². The summed E-state index contributed by atoms with van der Waals surface area (Å²) in [5.41, 5.74) is 5.05. The van der Waals surface area contributed by atoms with Crippen molar-refractivity contribution >= 4 is 5.97 Å². The molecule has 0 heterocycles. The number of carbonyl (C=O) groups excluding carboxylic acids is 1. The zero-order chi connectivity index (χ0) is 17.0. The van der Waals surface area contributed by atoms with E-state index in [1.54, 1.807) is 0 Å². The zero-order valence-electron chi connectivity index (χ0n) is 14.4. The van der Waals surface area contributed by atoms with Crippen LogP contribution in [0, 0.1) is 5.92 Å². The van der Waals surface area contributed by atoms with Crippen LogP contribution in [0.5, 0.6) is 0 Å². The zero-order valence-corrected chi connectivity index (χ0v) is 14.4. The van der Waals surface area contributed by atoms with Crippen molar-refractivity contribution in [2.24, 2.45) is 5.92 Å². The lowest BCUT2D eigenvalue weighted by molar-refractivity contribution is 0.0602. The maximum absolute atomic E-state index is 12.1. The molecule has 0 aliphatic heterocycles. The second kappa shape index (κ2) is 7.60. The van der Waals surface area contributed by atoms with Gasteiger partial charge in [-0.15, -0.1) is 0 Å². The van der Waals surface area contributed by atoms with Crippen LogP contribution in [-0.4, -0.2) is 24.8 Å². The number of esters is 1. The minimum Gasteiger partial charge on any atom is -0.465 e. The van der Waals surface area contributed by atoms with Crippen LogP contribution in [-0.2, 0) is 11.2 Å². The van der Waals surface area contributed by atoms with Gasteiger partial charge in [0.05, 0.1) is 12.7 Å². The molecule has 0 bridgehead atoms. The molecular weight excluding hydrogens is 288 g/mol. The molecule has 0 radical (unpaired) electrons. The van der Waals surface area contributed by atoms with Crippen molar-refractivity contribution in [1.29, 1.82) is 0 Å². The highest BCUT2D eigenvalue weighted by Crippen LogP contribution is 2.34. The number of aliphatic hydroxyl groups is 1. The smallest absolute Gasteiger partial charge is 0.338 e. The number of aryl methyl sites for hydroxylation is 1. The van der Waals surface area contributed by atoms with Crippen molar-refractivity contribution in [2.45, 2.75) is 39.5 Å². The van der Waals surface area contributed by atoms with Gasteiger partial charge in [-0.25, -0.2) is 4.79 Å². The van der Waals surface area contributed by atoms with Crippen LogP contribution < -0.4 is 0 Å². The number of methoxy groups -OCH3 is 1. The fourth-order valence-corrected chi connectivity index (χ4v) is 2.80. The van der Waals surface area contributed by atoms with E-state index in [0.717, 1.165) is 29.5 Å². The number of fused-ring (bicyclic) bond motifs is 1. The van der Waals surface area contributed by atoms with Crippen LogP contribution in [0.15, 0.2) is 30.3 Å². The molecule has 3 heteroatoms. The Bertz CT molecular complexity index is 646. The van der Waals surface area contributed by atoms with E-state index in [-0.39, 0.29) is 18.5 Å². The maximum atomic E-state index is 12.1. The van der Waals surface area contributed by atoms with Gasteiger partial charge in [0.1, 0.15) is 0 Å². The van der Waals surface area contributed by atoms with Crippen LogP contribution in [0.25, 0.3) is 11.1 Å². The summed E-state index contributed by atoms with van der Waals surface area (Å²) in [4.78, 5) is 12.1. The largest absolute Gasteiger partial charge is 0.465 e. The van der Waals surface area contributed by atoms with E-state index in [4.69, 9.17) is 4.74 Å². The monoisotopic (exact) mass is 314 g/mol. The molecule has 0 amide bonds. The molecule has 0 aromatic rings. The topological polar surface area (TPSA) is 46.5 Å². The average molecular weight is 314 g/mol. The van der Waals surface area contributed by atoms with Gasteiger partial charge in [-0.3, -0.25) is 0 Å². The molecule has 0 fully saturated rings. The van der Waals surface area contributed by atoms with Gasteiger partial charge in [0.25, 0.3) is 0 Å². The summed E-state index contributed by atoms with van der Waals surface area (Å²) in [6, 6.07) is 10.3. The Kier molecular flexibility index (Phi) is 5.78. The first-order valence-corrected chi connectivity index (χ1v) is 8.22. The molecular formula is C20H26O3. The van der Waals surface area contributed by atoms with Gasteiger partial charge in [-0.2, -0.15) is 0 Å².